The topological polar surface area (TPSA) is 58.4 Å². The van der Waals surface area contributed by atoms with Crippen LogP contribution in [0.15, 0.2) is 23.1 Å². The average molecular weight is 251 g/mol. The van der Waals surface area contributed by atoms with Crippen molar-refractivity contribution >= 4 is 23.4 Å². The van der Waals surface area contributed by atoms with E-state index >= 15 is 0 Å². The van der Waals surface area contributed by atoms with E-state index in [4.69, 9.17) is 5.73 Å². The fourth-order valence-electron chi connectivity index (χ4n) is 1.84. The van der Waals surface area contributed by atoms with Gasteiger partial charge in [-0.1, -0.05) is 6.07 Å². The molecule has 0 bridgehead atoms. The molecule has 17 heavy (non-hydrogen) atoms. The zero-order valence-corrected chi connectivity index (χ0v) is 10.7. The maximum absolute atomic E-state index is 11.9. The lowest BCUT2D eigenvalue weighted by Gasteiger charge is -2.29. The van der Waals surface area contributed by atoms with Crippen molar-refractivity contribution in [3.8, 4) is 0 Å². The molecule has 0 radical (unpaired) electrons. The van der Waals surface area contributed by atoms with Gasteiger partial charge < -0.3 is 16.0 Å². The number of nitrogens with two attached hydrogens (primary N) is 1. The predicted octanol–water partition coefficient (Wildman–Crippen LogP) is 0.803. The third-order valence-corrected chi connectivity index (χ3v) is 3.83. The van der Waals surface area contributed by atoms with Gasteiger partial charge in [-0.15, -0.1) is 11.8 Å². The molecule has 0 saturated carbocycles. The Bertz CT molecular complexity index is 422. The summed E-state index contributed by atoms with van der Waals surface area (Å²) in [4.78, 5) is 14.9. The van der Waals surface area contributed by atoms with Crippen LogP contribution in [0.5, 0.6) is 0 Å². The molecule has 1 amide bonds. The molecule has 0 saturated heterocycles. The highest BCUT2D eigenvalue weighted by atomic mass is 32.2. The van der Waals surface area contributed by atoms with E-state index < -0.39 is 0 Å². The number of fused-ring (bicyclic) bond motifs is 1. The van der Waals surface area contributed by atoms with Gasteiger partial charge in [-0.05, 0) is 24.7 Å². The standard InChI is InChI=1S/C12H17N3OS/c1-14-4-5-15-10-6-9(7-13)2-3-11(10)17-8-12(15)16/h2-3,6,14H,4-5,7-8,13H2,1H3. The highest BCUT2D eigenvalue weighted by Gasteiger charge is 2.24. The fraction of sp³-hybridized carbons (Fsp3) is 0.417. The Hall–Kier alpha value is -1.04. The number of hydrogen-bond donors (Lipinski definition) is 2. The van der Waals surface area contributed by atoms with Gasteiger partial charge in [-0.25, -0.2) is 0 Å². The molecule has 0 atom stereocenters. The van der Waals surface area contributed by atoms with E-state index in [1.807, 2.05) is 24.1 Å². The number of benzene rings is 1. The molecule has 5 heteroatoms. The van der Waals surface area contributed by atoms with Crippen LogP contribution in [0.3, 0.4) is 0 Å². The van der Waals surface area contributed by atoms with Crippen LogP contribution in [0.1, 0.15) is 5.56 Å². The minimum absolute atomic E-state index is 0.173. The SMILES string of the molecule is CNCCN1C(=O)CSc2ccc(CN)cc21. The second-order valence-corrected chi connectivity index (χ2v) is 4.96. The molecule has 92 valence electrons. The van der Waals surface area contributed by atoms with Crippen molar-refractivity contribution in [2.45, 2.75) is 11.4 Å². The summed E-state index contributed by atoms with van der Waals surface area (Å²) in [7, 11) is 1.89. The number of carbonyl (C=O) groups excluding carboxylic acids is 1. The van der Waals surface area contributed by atoms with E-state index in [2.05, 4.69) is 11.4 Å². The lowest BCUT2D eigenvalue weighted by Crippen LogP contribution is -2.39. The first kappa shape index (κ1) is 12.4. The van der Waals surface area contributed by atoms with Crippen molar-refractivity contribution in [1.29, 1.82) is 0 Å². The Morgan fingerprint density at radius 3 is 3.06 bits per heavy atom. The summed E-state index contributed by atoms with van der Waals surface area (Å²) in [6, 6.07) is 6.11. The second kappa shape index (κ2) is 5.53. The molecule has 0 fully saturated rings. The first-order chi connectivity index (χ1) is 8.26. The van der Waals surface area contributed by atoms with Gasteiger partial charge in [0.25, 0.3) is 0 Å². The molecule has 0 spiro atoms. The van der Waals surface area contributed by atoms with Crippen molar-refractivity contribution in [3.63, 3.8) is 0 Å². The molecule has 0 aromatic heterocycles. The normalized spacial score (nSPS) is 14.9. The Kier molecular flexibility index (Phi) is 4.04. The minimum atomic E-state index is 0.173. The van der Waals surface area contributed by atoms with Crippen molar-refractivity contribution in [2.24, 2.45) is 5.73 Å². The first-order valence-electron chi connectivity index (χ1n) is 5.67. The summed E-state index contributed by atoms with van der Waals surface area (Å²) < 4.78 is 0. The van der Waals surface area contributed by atoms with Crippen LogP contribution in [0.2, 0.25) is 0 Å². The molecule has 1 aliphatic rings. The quantitative estimate of drug-likeness (QED) is 0.831. The molecule has 4 nitrogen and oxygen atoms in total. The van der Waals surface area contributed by atoms with Crippen molar-refractivity contribution in [1.82, 2.24) is 5.32 Å². The minimum Gasteiger partial charge on any atom is -0.326 e. The van der Waals surface area contributed by atoms with Crippen LogP contribution >= 0.6 is 11.8 Å². The molecular formula is C12H17N3OS. The van der Waals surface area contributed by atoms with E-state index in [1.54, 1.807) is 11.8 Å². The fourth-order valence-corrected chi connectivity index (χ4v) is 2.76. The Labute approximate surface area is 106 Å². The molecule has 1 aliphatic heterocycles. The van der Waals surface area contributed by atoms with Gasteiger partial charge in [0, 0.05) is 24.5 Å². The summed E-state index contributed by atoms with van der Waals surface area (Å²) in [5.41, 5.74) is 7.71. The number of carbonyl (C=O) groups is 1. The van der Waals surface area contributed by atoms with Gasteiger partial charge in [0.1, 0.15) is 0 Å². The number of likely N-dealkylation sites (N-methyl/N-ethyl adjacent to an activating group) is 1. The Morgan fingerprint density at radius 1 is 1.53 bits per heavy atom. The number of amides is 1. The smallest absolute Gasteiger partial charge is 0.237 e. The molecule has 1 aromatic carbocycles. The van der Waals surface area contributed by atoms with E-state index in [0.29, 0.717) is 18.8 Å². The number of anilines is 1. The maximum Gasteiger partial charge on any atom is 0.237 e. The summed E-state index contributed by atoms with van der Waals surface area (Å²) in [5.74, 6) is 0.700. The van der Waals surface area contributed by atoms with Crippen LogP contribution in [-0.2, 0) is 11.3 Å². The van der Waals surface area contributed by atoms with E-state index in [0.717, 1.165) is 22.7 Å². The number of nitrogens with one attached hydrogen (secondary N) is 1. The van der Waals surface area contributed by atoms with Gasteiger partial charge in [-0.2, -0.15) is 0 Å². The van der Waals surface area contributed by atoms with Crippen LogP contribution in [0, 0.1) is 0 Å². The predicted molar refractivity (Wildman–Crippen MR) is 71.3 cm³/mol. The average Bonchev–Trinajstić information content (AvgIpc) is 2.37. The largest absolute Gasteiger partial charge is 0.326 e. The first-order valence-corrected chi connectivity index (χ1v) is 6.65. The summed E-state index contributed by atoms with van der Waals surface area (Å²) >= 11 is 1.60. The third-order valence-electron chi connectivity index (χ3n) is 2.79. The molecule has 3 N–H and O–H groups in total. The number of hydrogen-bond acceptors (Lipinski definition) is 4. The van der Waals surface area contributed by atoms with Crippen molar-refractivity contribution < 1.29 is 4.79 Å². The van der Waals surface area contributed by atoms with Crippen LogP contribution in [-0.4, -0.2) is 31.8 Å². The molecule has 0 aliphatic carbocycles. The van der Waals surface area contributed by atoms with Crippen LogP contribution < -0.4 is 16.0 Å². The van der Waals surface area contributed by atoms with Crippen LogP contribution in [0.25, 0.3) is 0 Å². The highest BCUT2D eigenvalue weighted by molar-refractivity contribution is 8.00. The second-order valence-electron chi connectivity index (χ2n) is 3.94. The molecule has 1 heterocycles. The van der Waals surface area contributed by atoms with Gasteiger partial charge in [0.2, 0.25) is 5.91 Å². The molecule has 0 unspecified atom stereocenters. The van der Waals surface area contributed by atoms with Crippen LogP contribution in [0.4, 0.5) is 5.69 Å². The molecular weight excluding hydrogens is 234 g/mol. The van der Waals surface area contributed by atoms with E-state index in [1.165, 1.54) is 0 Å². The Balaban J connectivity index is 2.31. The lowest BCUT2D eigenvalue weighted by atomic mass is 10.2. The van der Waals surface area contributed by atoms with Crippen molar-refractivity contribution in [3.05, 3.63) is 23.8 Å². The zero-order chi connectivity index (χ0) is 12.3. The van der Waals surface area contributed by atoms with Gasteiger partial charge >= 0.3 is 0 Å². The van der Waals surface area contributed by atoms with Gasteiger partial charge in [0.05, 0.1) is 11.4 Å². The zero-order valence-electron chi connectivity index (χ0n) is 9.90. The summed E-state index contributed by atoms with van der Waals surface area (Å²) in [6.07, 6.45) is 0. The monoisotopic (exact) mass is 251 g/mol. The summed E-state index contributed by atoms with van der Waals surface area (Å²) in [6.45, 7) is 2.01. The Morgan fingerprint density at radius 2 is 2.35 bits per heavy atom. The van der Waals surface area contributed by atoms with Gasteiger partial charge in [0.15, 0.2) is 0 Å². The maximum atomic E-state index is 11.9. The number of rotatable bonds is 4. The summed E-state index contributed by atoms with van der Waals surface area (Å²) in [5, 5.41) is 3.07. The number of thioether (sulfide) groups is 1. The number of nitrogens with zero attached hydrogens (tertiary/aromatic N) is 1. The molecule has 1 aromatic rings. The van der Waals surface area contributed by atoms with E-state index in [-0.39, 0.29) is 5.91 Å². The molecule has 2 rings (SSSR count). The van der Waals surface area contributed by atoms with Crippen molar-refractivity contribution in [2.75, 3.05) is 30.8 Å². The highest BCUT2D eigenvalue weighted by Crippen LogP contribution is 2.35. The van der Waals surface area contributed by atoms with Gasteiger partial charge in [-0.3, -0.25) is 4.79 Å². The lowest BCUT2D eigenvalue weighted by molar-refractivity contribution is -0.116. The van der Waals surface area contributed by atoms with E-state index in [9.17, 15) is 4.79 Å². The third kappa shape index (κ3) is 2.62.